The van der Waals surface area contributed by atoms with E-state index in [1.165, 1.54) is 12.3 Å². The highest BCUT2D eigenvalue weighted by Gasteiger charge is 2.16. The number of anilines is 2. The van der Waals surface area contributed by atoms with E-state index in [0.29, 0.717) is 21.1 Å². The smallest absolute Gasteiger partial charge is 0.137 e. The van der Waals surface area contributed by atoms with Gasteiger partial charge in [0.05, 0.1) is 9.89 Å². The number of hydrogen-bond donors (Lipinski definition) is 2. The zero-order chi connectivity index (χ0) is 18.0. The van der Waals surface area contributed by atoms with Crippen LogP contribution in [0.5, 0.6) is 5.75 Å². The molecule has 0 amide bonds. The molecular weight excluding hydrogens is 375 g/mol. The van der Waals surface area contributed by atoms with Crippen molar-refractivity contribution in [2.75, 3.05) is 5.32 Å². The number of aromatic nitrogens is 1. The molecule has 2 N–H and O–H groups in total. The highest BCUT2D eigenvalue weighted by molar-refractivity contribution is 7.81. The minimum Gasteiger partial charge on any atom is -0.506 e. The number of aromatic hydroxyl groups is 1. The number of nitrogens with one attached hydrogen (secondary N) is 1. The third-order valence-corrected chi connectivity index (χ3v) is 4.82. The van der Waals surface area contributed by atoms with Crippen LogP contribution in [0.15, 0.2) is 54.7 Å². The largest absolute Gasteiger partial charge is 0.506 e. The predicted octanol–water partition coefficient (Wildman–Crippen LogP) is 5.91. The summed E-state index contributed by atoms with van der Waals surface area (Å²) in [6, 6.07) is 14.9. The molecule has 3 aromatic rings. The molecule has 25 heavy (non-hydrogen) atoms. The Kier molecular flexibility index (Phi) is 5.23. The molecule has 0 saturated heterocycles. The first-order chi connectivity index (χ1) is 12.0. The van der Waals surface area contributed by atoms with Crippen molar-refractivity contribution in [2.24, 2.45) is 0 Å². The topological polar surface area (TPSA) is 45.2 Å². The lowest BCUT2D eigenvalue weighted by Gasteiger charge is -2.12. The van der Waals surface area contributed by atoms with Crippen LogP contribution in [0.3, 0.4) is 0 Å². The second-order valence-electron chi connectivity index (χ2n) is 5.46. The van der Waals surface area contributed by atoms with Gasteiger partial charge >= 0.3 is 0 Å². The fourth-order valence-electron chi connectivity index (χ4n) is 2.37. The highest BCUT2D eigenvalue weighted by atomic mass is 35.5. The molecule has 2 aromatic carbocycles. The molecule has 6 heteroatoms. The zero-order valence-electron chi connectivity index (χ0n) is 13.3. The van der Waals surface area contributed by atoms with Gasteiger partial charge in [-0.2, -0.15) is 0 Å². The van der Waals surface area contributed by atoms with Crippen LogP contribution < -0.4 is 5.32 Å². The van der Waals surface area contributed by atoms with Crippen LogP contribution in [0.2, 0.25) is 10.0 Å². The van der Waals surface area contributed by atoms with Crippen molar-refractivity contribution in [1.29, 1.82) is 0 Å². The molecule has 0 fully saturated rings. The van der Waals surface area contributed by atoms with E-state index < -0.39 is 0 Å². The molecule has 0 aliphatic heterocycles. The first-order valence-corrected chi connectivity index (χ1v) is 8.64. The quantitative estimate of drug-likeness (QED) is 0.430. The number of halogens is 2. The summed E-state index contributed by atoms with van der Waals surface area (Å²) < 4.78 is 0. The van der Waals surface area contributed by atoms with Gasteiger partial charge < -0.3 is 10.4 Å². The maximum Gasteiger partial charge on any atom is 0.137 e. The number of pyridine rings is 1. The van der Waals surface area contributed by atoms with Gasteiger partial charge in [-0.3, -0.25) is 4.98 Å². The molecule has 0 aliphatic carbocycles. The van der Waals surface area contributed by atoms with Gasteiger partial charge in [0.1, 0.15) is 16.5 Å². The second kappa shape index (κ2) is 7.40. The van der Waals surface area contributed by atoms with Crippen LogP contribution in [-0.2, 0) is 0 Å². The third kappa shape index (κ3) is 3.76. The van der Waals surface area contributed by atoms with Crippen molar-refractivity contribution in [3.05, 3.63) is 81.6 Å². The first kappa shape index (κ1) is 17.7. The van der Waals surface area contributed by atoms with Crippen LogP contribution in [0.25, 0.3) is 0 Å². The molecule has 0 bridgehead atoms. The van der Waals surface area contributed by atoms with Gasteiger partial charge in [-0.05, 0) is 42.8 Å². The van der Waals surface area contributed by atoms with Crippen molar-refractivity contribution >= 4 is 51.7 Å². The van der Waals surface area contributed by atoms with Crippen LogP contribution in [0.1, 0.15) is 16.8 Å². The fourth-order valence-corrected chi connectivity index (χ4v) is 3.29. The molecule has 3 nitrogen and oxygen atoms in total. The second-order valence-corrected chi connectivity index (χ2v) is 6.65. The molecule has 0 aliphatic rings. The maximum atomic E-state index is 9.72. The van der Waals surface area contributed by atoms with Gasteiger partial charge in [-0.25, -0.2) is 0 Å². The average Bonchev–Trinajstić information content (AvgIpc) is 2.59. The Morgan fingerprint density at radius 1 is 1.12 bits per heavy atom. The minimum absolute atomic E-state index is 0.0667. The Balaban J connectivity index is 1.91. The number of rotatable bonds is 4. The van der Waals surface area contributed by atoms with E-state index in [1.807, 2.05) is 43.3 Å². The summed E-state index contributed by atoms with van der Waals surface area (Å²) in [6.45, 7) is 2.03. The van der Waals surface area contributed by atoms with Crippen LogP contribution in [0.4, 0.5) is 11.4 Å². The molecule has 0 unspecified atom stereocenters. The number of thiocarbonyl (C=S) groups is 1. The Morgan fingerprint density at radius 3 is 2.60 bits per heavy atom. The van der Waals surface area contributed by atoms with Crippen LogP contribution in [0, 0.1) is 6.92 Å². The molecule has 3 rings (SSSR count). The minimum atomic E-state index is -0.0667. The summed E-state index contributed by atoms with van der Waals surface area (Å²) in [6.07, 6.45) is 1.45. The Labute approximate surface area is 161 Å². The lowest BCUT2D eigenvalue weighted by molar-refractivity contribution is 0.474. The van der Waals surface area contributed by atoms with Crippen molar-refractivity contribution in [3.8, 4) is 5.75 Å². The SMILES string of the molecule is Cc1ccccc1Nc1ccc(C(=S)c2nccc(O)c2Cl)c(Cl)c1. The van der Waals surface area contributed by atoms with E-state index in [9.17, 15) is 5.11 Å². The lowest BCUT2D eigenvalue weighted by atomic mass is 10.1. The molecular formula is C19H14Cl2N2OS. The molecule has 0 atom stereocenters. The van der Waals surface area contributed by atoms with E-state index >= 15 is 0 Å². The number of para-hydroxylation sites is 1. The molecule has 1 heterocycles. The van der Waals surface area contributed by atoms with E-state index in [4.69, 9.17) is 35.4 Å². The van der Waals surface area contributed by atoms with Gasteiger partial charge in [0.15, 0.2) is 0 Å². The van der Waals surface area contributed by atoms with Crippen molar-refractivity contribution in [1.82, 2.24) is 4.98 Å². The predicted molar refractivity (Wildman–Crippen MR) is 108 cm³/mol. The van der Waals surface area contributed by atoms with Crippen molar-refractivity contribution in [3.63, 3.8) is 0 Å². The Morgan fingerprint density at radius 2 is 1.88 bits per heavy atom. The molecule has 0 spiro atoms. The van der Waals surface area contributed by atoms with Crippen LogP contribution >= 0.6 is 35.4 Å². The number of hydrogen-bond acceptors (Lipinski definition) is 4. The van der Waals surface area contributed by atoms with Crippen molar-refractivity contribution in [2.45, 2.75) is 6.92 Å². The highest BCUT2D eigenvalue weighted by Crippen LogP contribution is 2.31. The van der Waals surface area contributed by atoms with E-state index in [0.717, 1.165) is 16.9 Å². The van der Waals surface area contributed by atoms with E-state index in [2.05, 4.69) is 10.3 Å². The Hall–Kier alpha value is -2.14. The number of nitrogens with zero attached hydrogens (tertiary/aromatic N) is 1. The van der Waals surface area contributed by atoms with E-state index in [1.54, 1.807) is 6.07 Å². The third-order valence-electron chi connectivity index (χ3n) is 3.72. The molecule has 1 aromatic heterocycles. The summed E-state index contributed by atoms with van der Waals surface area (Å²) in [7, 11) is 0. The van der Waals surface area contributed by atoms with E-state index in [-0.39, 0.29) is 10.8 Å². The summed E-state index contributed by atoms with van der Waals surface area (Å²) in [5, 5.41) is 13.6. The first-order valence-electron chi connectivity index (χ1n) is 7.47. The molecule has 0 saturated carbocycles. The number of benzene rings is 2. The van der Waals surface area contributed by atoms with Gasteiger partial charge in [-0.15, -0.1) is 0 Å². The van der Waals surface area contributed by atoms with Crippen LogP contribution in [-0.4, -0.2) is 15.0 Å². The molecule has 0 radical (unpaired) electrons. The van der Waals surface area contributed by atoms with Gasteiger partial charge in [0.2, 0.25) is 0 Å². The fraction of sp³-hybridized carbons (Fsp3) is 0.0526. The standard InChI is InChI=1S/C19H14Cl2N2OS/c1-11-4-2-3-5-15(11)23-12-6-7-13(14(20)10-12)19(25)18-17(21)16(24)8-9-22-18/h2-10,23H,1H3,(H,22,24). The lowest BCUT2D eigenvalue weighted by Crippen LogP contribution is -2.05. The summed E-state index contributed by atoms with van der Waals surface area (Å²) in [5.74, 6) is -0.0667. The van der Waals surface area contributed by atoms with Gasteiger partial charge in [-0.1, -0.05) is 53.6 Å². The van der Waals surface area contributed by atoms with Gasteiger partial charge in [0, 0.05) is 23.1 Å². The summed E-state index contributed by atoms with van der Waals surface area (Å²) in [5.41, 5.74) is 3.95. The average molecular weight is 389 g/mol. The van der Waals surface area contributed by atoms with Gasteiger partial charge in [0.25, 0.3) is 0 Å². The Bertz CT molecular complexity index is 960. The maximum absolute atomic E-state index is 9.72. The monoisotopic (exact) mass is 388 g/mol. The zero-order valence-corrected chi connectivity index (χ0v) is 15.6. The summed E-state index contributed by atoms with van der Waals surface area (Å²) >= 11 is 18.0. The normalized spacial score (nSPS) is 10.5. The van der Waals surface area contributed by atoms with Crippen molar-refractivity contribution < 1.29 is 5.11 Å². The number of aryl methyl sites for hydroxylation is 1. The summed E-state index contributed by atoms with van der Waals surface area (Å²) in [4.78, 5) is 4.53. The molecule has 126 valence electrons.